The molecule has 3 N–H and O–H groups in total. The number of hydrogen-bond donors (Lipinski definition) is 3. The second-order valence-electron chi connectivity index (χ2n) is 7.48. The van der Waals surface area contributed by atoms with Crippen molar-refractivity contribution in [3.8, 4) is 5.75 Å². The number of anilines is 1. The number of ether oxygens (including phenoxy) is 1. The fraction of sp³-hybridized carbons (Fsp3) is 0.208. The molecule has 8 heteroatoms. The fourth-order valence-corrected chi connectivity index (χ4v) is 2.96. The maximum Gasteiger partial charge on any atom is 0.257 e. The van der Waals surface area contributed by atoms with Crippen LogP contribution in [0.15, 0.2) is 71.3 Å². The summed E-state index contributed by atoms with van der Waals surface area (Å²) < 4.78 is 10.9. The average molecular weight is 452 g/mol. The number of carbonyl (C=O) groups excluding carboxylic acids is 2. The first-order chi connectivity index (χ1) is 15.4. The zero-order valence-corrected chi connectivity index (χ0v) is 18.7. The van der Waals surface area contributed by atoms with E-state index < -0.39 is 0 Å². The molecule has 0 aliphatic carbocycles. The van der Waals surface area contributed by atoms with Gasteiger partial charge in [-0.15, -0.1) is 0 Å². The number of carbonyl (C=O) groups is 2. The number of furan rings is 1. The molecular formula is C24H25N3O4S. The Kier molecular flexibility index (Phi) is 7.99. The van der Waals surface area contributed by atoms with Crippen molar-refractivity contribution in [2.24, 2.45) is 5.92 Å². The first-order valence-corrected chi connectivity index (χ1v) is 10.6. The zero-order chi connectivity index (χ0) is 22.9. The van der Waals surface area contributed by atoms with Crippen LogP contribution in [-0.2, 0) is 6.54 Å². The van der Waals surface area contributed by atoms with Crippen LogP contribution in [0.2, 0.25) is 0 Å². The maximum absolute atomic E-state index is 12.5. The van der Waals surface area contributed by atoms with E-state index in [1.165, 1.54) is 0 Å². The molecule has 0 unspecified atom stereocenters. The smallest absolute Gasteiger partial charge is 0.257 e. The summed E-state index contributed by atoms with van der Waals surface area (Å²) in [4.78, 5) is 24.9. The van der Waals surface area contributed by atoms with Crippen molar-refractivity contribution in [3.05, 3.63) is 83.8 Å². The number of hydrogen-bond acceptors (Lipinski definition) is 5. The van der Waals surface area contributed by atoms with Gasteiger partial charge in [-0.2, -0.15) is 0 Å². The van der Waals surface area contributed by atoms with Crippen LogP contribution >= 0.6 is 12.2 Å². The molecule has 0 saturated heterocycles. The Bertz CT molecular complexity index is 1080. The van der Waals surface area contributed by atoms with Gasteiger partial charge in [0.15, 0.2) is 5.11 Å². The van der Waals surface area contributed by atoms with Gasteiger partial charge < -0.3 is 19.8 Å². The Morgan fingerprint density at radius 2 is 1.75 bits per heavy atom. The normalized spacial score (nSPS) is 10.5. The Balaban J connectivity index is 1.55. The van der Waals surface area contributed by atoms with Crippen molar-refractivity contribution in [3.63, 3.8) is 0 Å². The largest absolute Gasteiger partial charge is 0.493 e. The molecule has 3 aromatic rings. The number of nitrogens with one attached hydrogen (secondary N) is 3. The summed E-state index contributed by atoms with van der Waals surface area (Å²) in [6.07, 6.45) is 1.55. The van der Waals surface area contributed by atoms with Gasteiger partial charge in [0.25, 0.3) is 11.8 Å². The number of amides is 2. The summed E-state index contributed by atoms with van der Waals surface area (Å²) in [6.45, 7) is 4.96. The van der Waals surface area contributed by atoms with Gasteiger partial charge in [0.1, 0.15) is 11.5 Å². The van der Waals surface area contributed by atoms with Crippen molar-refractivity contribution >= 4 is 34.8 Å². The van der Waals surface area contributed by atoms with E-state index in [9.17, 15) is 9.59 Å². The van der Waals surface area contributed by atoms with Crippen LogP contribution < -0.4 is 20.7 Å². The van der Waals surface area contributed by atoms with Crippen molar-refractivity contribution in [2.75, 3.05) is 11.9 Å². The predicted octanol–water partition coefficient (Wildman–Crippen LogP) is 4.37. The molecule has 3 rings (SSSR count). The highest BCUT2D eigenvalue weighted by atomic mass is 32.1. The van der Waals surface area contributed by atoms with E-state index in [1.54, 1.807) is 66.9 Å². The molecule has 1 aromatic heterocycles. The molecule has 0 bridgehead atoms. The van der Waals surface area contributed by atoms with E-state index >= 15 is 0 Å². The summed E-state index contributed by atoms with van der Waals surface area (Å²) in [5.74, 6) is 1.06. The molecular weight excluding hydrogens is 426 g/mol. The van der Waals surface area contributed by atoms with Gasteiger partial charge in [0, 0.05) is 16.8 Å². The van der Waals surface area contributed by atoms with Crippen molar-refractivity contribution in [1.82, 2.24) is 10.6 Å². The van der Waals surface area contributed by atoms with E-state index in [2.05, 4.69) is 29.8 Å². The van der Waals surface area contributed by atoms with Crippen LogP contribution in [-0.4, -0.2) is 23.5 Å². The first-order valence-electron chi connectivity index (χ1n) is 10.2. The Labute approximate surface area is 192 Å². The number of rotatable bonds is 8. The van der Waals surface area contributed by atoms with Crippen molar-refractivity contribution in [2.45, 2.75) is 20.4 Å². The Hall–Kier alpha value is -3.65. The molecule has 0 saturated carbocycles. The molecule has 0 fully saturated rings. The summed E-state index contributed by atoms with van der Waals surface area (Å²) in [7, 11) is 0. The monoisotopic (exact) mass is 451 g/mol. The van der Waals surface area contributed by atoms with Gasteiger partial charge in [-0.1, -0.05) is 26.0 Å². The van der Waals surface area contributed by atoms with Crippen LogP contribution in [0.5, 0.6) is 5.75 Å². The average Bonchev–Trinajstić information content (AvgIpc) is 3.30. The topological polar surface area (TPSA) is 92.6 Å². The van der Waals surface area contributed by atoms with E-state index in [4.69, 9.17) is 21.4 Å². The summed E-state index contributed by atoms with van der Waals surface area (Å²) in [5.41, 5.74) is 1.46. The van der Waals surface area contributed by atoms with Crippen molar-refractivity contribution in [1.29, 1.82) is 0 Å². The standard InChI is InChI=1S/C24H25N3O4S/c1-16(2)15-31-20-9-4-7-18(13-20)23(29)27-24(32)26-19-8-3-6-17(12-19)22(28)25-14-21-10-5-11-30-21/h3-13,16H,14-15H2,1-2H3,(H,25,28)(H2,26,27,29,32). The van der Waals surface area contributed by atoms with Gasteiger partial charge >= 0.3 is 0 Å². The predicted molar refractivity (Wildman–Crippen MR) is 127 cm³/mol. The molecule has 0 aliphatic heterocycles. The van der Waals surface area contributed by atoms with Gasteiger partial charge in [-0.05, 0) is 66.7 Å². The zero-order valence-electron chi connectivity index (χ0n) is 17.9. The molecule has 2 amide bonds. The highest BCUT2D eigenvalue weighted by Gasteiger charge is 2.11. The SMILES string of the molecule is CC(C)COc1cccc(C(=O)NC(=S)Nc2cccc(C(=O)NCc3ccco3)c2)c1. The lowest BCUT2D eigenvalue weighted by molar-refractivity contribution is 0.0946. The van der Waals surface area contributed by atoms with Crippen molar-refractivity contribution < 1.29 is 18.7 Å². The lowest BCUT2D eigenvalue weighted by atomic mass is 10.2. The summed E-state index contributed by atoms with van der Waals surface area (Å²) >= 11 is 5.26. The molecule has 32 heavy (non-hydrogen) atoms. The molecule has 0 atom stereocenters. The van der Waals surface area contributed by atoms with E-state index in [1.807, 2.05) is 0 Å². The van der Waals surface area contributed by atoms with E-state index in [-0.39, 0.29) is 23.5 Å². The lowest BCUT2D eigenvalue weighted by Gasteiger charge is -2.12. The number of benzene rings is 2. The maximum atomic E-state index is 12.5. The lowest BCUT2D eigenvalue weighted by Crippen LogP contribution is -2.34. The van der Waals surface area contributed by atoms with Gasteiger partial charge in [-0.25, -0.2) is 0 Å². The fourth-order valence-electron chi connectivity index (χ4n) is 2.75. The minimum absolute atomic E-state index is 0.122. The molecule has 1 heterocycles. The summed E-state index contributed by atoms with van der Waals surface area (Å²) in [5, 5.41) is 8.48. The molecule has 0 radical (unpaired) electrons. The van der Waals surface area contributed by atoms with Crippen LogP contribution in [0.3, 0.4) is 0 Å². The van der Waals surface area contributed by atoms with Crippen LogP contribution in [0.4, 0.5) is 5.69 Å². The highest BCUT2D eigenvalue weighted by Crippen LogP contribution is 2.15. The molecule has 2 aromatic carbocycles. The third-order valence-corrected chi connectivity index (χ3v) is 4.50. The van der Waals surface area contributed by atoms with Crippen LogP contribution in [0.1, 0.15) is 40.3 Å². The third kappa shape index (κ3) is 6.95. The molecule has 0 spiro atoms. The van der Waals surface area contributed by atoms with Crippen LogP contribution in [0.25, 0.3) is 0 Å². The third-order valence-electron chi connectivity index (χ3n) is 4.29. The van der Waals surface area contributed by atoms with Crippen LogP contribution in [0, 0.1) is 5.92 Å². The molecule has 166 valence electrons. The summed E-state index contributed by atoms with van der Waals surface area (Å²) in [6, 6.07) is 17.3. The minimum atomic E-state index is -0.357. The molecule has 0 aliphatic rings. The van der Waals surface area contributed by atoms with Gasteiger partial charge in [-0.3, -0.25) is 14.9 Å². The second kappa shape index (κ2) is 11.1. The minimum Gasteiger partial charge on any atom is -0.493 e. The van der Waals surface area contributed by atoms with E-state index in [0.29, 0.717) is 40.8 Å². The Morgan fingerprint density at radius 3 is 2.47 bits per heavy atom. The number of thiocarbonyl (C=S) groups is 1. The van der Waals surface area contributed by atoms with Gasteiger partial charge in [0.2, 0.25) is 0 Å². The first kappa shape index (κ1) is 23.0. The molecule has 7 nitrogen and oxygen atoms in total. The quantitative estimate of drug-likeness (QED) is 0.441. The second-order valence-corrected chi connectivity index (χ2v) is 7.89. The highest BCUT2D eigenvalue weighted by molar-refractivity contribution is 7.80. The van der Waals surface area contributed by atoms with E-state index in [0.717, 1.165) is 0 Å². The van der Waals surface area contributed by atoms with Gasteiger partial charge in [0.05, 0.1) is 19.4 Å². The Morgan fingerprint density at radius 1 is 1.00 bits per heavy atom.